The van der Waals surface area contributed by atoms with E-state index in [2.05, 4.69) is 10.1 Å². The number of Topliss-reactive ketones (excluding diaryl/α,β-unsaturated/α-hetero) is 1. The van der Waals surface area contributed by atoms with Gasteiger partial charge in [0.15, 0.2) is 5.78 Å². The predicted molar refractivity (Wildman–Crippen MR) is 86.0 cm³/mol. The van der Waals surface area contributed by atoms with E-state index in [1.54, 1.807) is 20.8 Å². The average Bonchev–Trinajstić information content (AvgIpc) is 2.45. The van der Waals surface area contributed by atoms with Crippen molar-refractivity contribution in [2.75, 3.05) is 7.11 Å². The lowest BCUT2D eigenvalue weighted by atomic mass is 9.83. The van der Waals surface area contributed by atoms with Crippen molar-refractivity contribution in [2.24, 2.45) is 5.92 Å². The third-order valence-corrected chi connectivity index (χ3v) is 3.92. The maximum atomic E-state index is 12.3. The van der Waals surface area contributed by atoms with Gasteiger partial charge in [-0.3, -0.25) is 9.59 Å². The number of methoxy groups -OCH3 is 1. The number of rotatable bonds is 6. The molecule has 1 fully saturated rings. The molecule has 0 aromatic carbocycles. The minimum Gasteiger partial charge on any atom is -0.469 e. The van der Waals surface area contributed by atoms with Crippen LogP contribution < -0.4 is 5.32 Å². The van der Waals surface area contributed by atoms with Crippen molar-refractivity contribution in [1.29, 1.82) is 0 Å². The third-order valence-electron chi connectivity index (χ3n) is 3.92. The van der Waals surface area contributed by atoms with Gasteiger partial charge in [0.25, 0.3) is 0 Å². The number of hydrogen-bond acceptors (Lipinski definition) is 5. The zero-order valence-corrected chi connectivity index (χ0v) is 14.6. The Morgan fingerprint density at radius 2 is 1.74 bits per heavy atom. The number of carbonyl (C=O) groups excluding carboxylic acids is 3. The lowest BCUT2D eigenvalue weighted by molar-refractivity contribution is -0.143. The standard InChI is InChI=1S/C17H29NO5/c1-17(2,3)23-16(21)18-13(14(19)11-15(20)22-4)10-12-8-6-5-7-9-12/h12-13H,5-11H2,1-4H3,(H,18,21)/t13-/m0/s1. The Kier molecular flexibility index (Phi) is 7.52. The maximum absolute atomic E-state index is 12.3. The van der Waals surface area contributed by atoms with Crippen molar-refractivity contribution < 1.29 is 23.9 Å². The molecule has 23 heavy (non-hydrogen) atoms. The Morgan fingerprint density at radius 1 is 1.13 bits per heavy atom. The Bertz CT molecular complexity index is 421. The number of hydrogen-bond donors (Lipinski definition) is 1. The number of esters is 1. The molecule has 1 atom stereocenters. The van der Waals surface area contributed by atoms with Gasteiger partial charge in [-0.05, 0) is 33.1 Å². The zero-order chi connectivity index (χ0) is 17.5. The molecule has 0 aromatic rings. The number of alkyl carbamates (subject to hydrolysis) is 1. The summed E-state index contributed by atoms with van der Waals surface area (Å²) in [6.45, 7) is 5.29. The van der Waals surface area contributed by atoms with Crippen molar-refractivity contribution in [3.05, 3.63) is 0 Å². The van der Waals surface area contributed by atoms with Gasteiger partial charge in [0.05, 0.1) is 13.2 Å². The molecule has 0 aliphatic heterocycles. The van der Waals surface area contributed by atoms with Crippen LogP contribution in [0.25, 0.3) is 0 Å². The summed E-state index contributed by atoms with van der Waals surface area (Å²) < 4.78 is 9.76. The summed E-state index contributed by atoms with van der Waals surface area (Å²) in [6.07, 6.45) is 5.21. The fourth-order valence-electron chi connectivity index (χ4n) is 2.81. The third kappa shape index (κ3) is 8.00. The average molecular weight is 327 g/mol. The van der Waals surface area contributed by atoms with E-state index in [4.69, 9.17) is 4.74 Å². The van der Waals surface area contributed by atoms with Crippen LogP contribution in [0.4, 0.5) is 4.79 Å². The molecular formula is C17H29NO5. The van der Waals surface area contributed by atoms with Crippen molar-refractivity contribution in [2.45, 2.75) is 77.4 Å². The fraction of sp³-hybridized carbons (Fsp3) is 0.824. The topological polar surface area (TPSA) is 81.7 Å². The molecule has 0 radical (unpaired) electrons. The molecule has 1 aliphatic rings. The zero-order valence-electron chi connectivity index (χ0n) is 14.6. The highest BCUT2D eigenvalue weighted by molar-refractivity contribution is 5.99. The number of nitrogens with one attached hydrogen (secondary N) is 1. The molecule has 1 N–H and O–H groups in total. The van der Waals surface area contributed by atoms with Crippen LogP contribution in [-0.2, 0) is 19.1 Å². The first-order valence-corrected chi connectivity index (χ1v) is 8.30. The maximum Gasteiger partial charge on any atom is 0.408 e. The normalized spacial score (nSPS) is 17.2. The molecule has 1 rings (SSSR count). The smallest absolute Gasteiger partial charge is 0.408 e. The summed E-state index contributed by atoms with van der Waals surface area (Å²) in [7, 11) is 1.24. The van der Waals surface area contributed by atoms with E-state index in [1.807, 2.05) is 0 Å². The van der Waals surface area contributed by atoms with Crippen LogP contribution in [0.5, 0.6) is 0 Å². The van der Waals surface area contributed by atoms with E-state index in [9.17, 15) is 14.4 Å². The SMILES string of the molecule is COC(=O)CC(=O)[C@H](CC1CCCCC1)NC(=O)OC(C)(C)C. The van der Waals surface area contributed by atoms with Gasteiger partial charge in [-0.1, -0.05) is 32.1 Å². The number of carbonyl (C=O) groups is 3. The first-order chi connectivity index (χ1) is 10.7. The molecule has 0 spiro atoms. The van der Waals surface area contributed by atoms with Gasteiger partial charge in [0.2, 0.25) is 0 Å². The second-order valence-corrected chi connectivity index (χ2v) is 7.16. The molecule has 6 heteroatoms. The summed E-state index contributed by atoms with van der Waals surface area (Å²) in [4.78, 5) is 35.6. The minimum absolute atomic E-state index is 0.326. The highest BCUT2D eigenvalue weighted by Gasteiger charge is 2.29. The fourth-order valence-corrected chi connectivity index (χ4v) is 2.81. The van der Waals surface area contributed by atoms with E-state index in [0.29, 0.717) is 12.3 Å². The molecule has 0 unspecified atom stereocenters. The van der Waals surface area contributed by atoms with E-state index < -0.39 is 23.7 Å². The van der Waals surface area contributed by atoms with Crippen LogP contribution in [0.3, 0.4) is 0 Å². The van der Waals surface area contributed by atoms with Gasteiger partial charge in [-0.15, -0.1) is 0 Å². The summed E-state index contributed by atoms with van der Waals surface area (Å²) in [5.41, 5.74) is -0.634. The Balaban J connectivity index is 2.68. The second-order valence-electron chi connectivity index (χ2n) is 7.16. The number of amides is 1. The minimum atomic E-state index is -0.702. The first-order valence-electron chi connectivity index (χ1n) is 8.30. The van der Waals surface area contributed by atoms with Gasteiger partial charge in [0, 0.05) is 0 Å². The van der Waals surface area contributed by atoms with Gasteiger partial charge in [-0.2, -0.15) is 0 Å². The first kappa shape index (κ1) is 19.5. The van der Waals surface area contributed by atoms with E-state index in [0.717, 1.165) is 25.7 Å². The Labute approximate surface area is 138 Å². The van der Waals surface area contributed by atoms with Gasteiger partial charge in [0.1, 0.15) is 12.0 Å². The Hall–Kier alpha value is -1.59. The van der Waals surface area contributed by atoms with Crippen LogP contribution in [0.15, 0.2) is 0 Å². The molecular weight excluding hydrogens is 298 g/mol. The lowest BCUT2D eigenvalue weighted by Gasteiger charge is -2.27. The van der Waals surface area contributed by atoms with Gasteiger partial charge in [-0.25, -0.2) is 4.79 Å². The quantitative estimate of drug-likeness (QED) is 0.599. The molecule has 0 saturated heterocycles. The van der Waals surface area contributed by atoms with Crippen molar-refractivity contribution >= 4 is 17.8 Å². The molecule has 6 nitrogen and oxygen atoms in total. The van der Waals surface area contributed by atoms with Crippen LogP contribution >= 0.6 is 0 Å². The van der Waals surface area contributed by atoms with Crippen LogP contribution in [0.2, 0.25) is 0 Å². The summed E-state index contributed by atoms with van der Waals surface area (Å²) in [6, 6.07) is -0.702. The molecule has 132 valence electrons. The van der Waals surface area contributed by atoms with Gasteiger partial charge < -0.3 is 14.8 Å². The molecule has 0 heterocycles. The van der Waals surface area contributed by atoms with E-state index in [-0.39, 0.29) is 12.2 Å². The highest BCUT2D eigenvalue weighted by atomic mass is 16.6. The predicted octanol–water partition coefficient (Wildman–Crippen LogP) is 2.98. The van der Waals surface area contributed by atoms with Crippen molar-refractivity contribution in [1.82, 2.24) is 5.32 Å². The summed E-state index contributed by atoms with van der Waals surface area (Å²) in [5, 5.41) is 2.63. The van der Waals surface area contributed by atoms with Crippen LogP contribution in [-0.4, -0.2) is 36.6 Å². The van der Waals surface area contributed by atoms with Crippen molar-refractivity contribution in [3.63, 3.8) is 0 Å². The molecule has 1 amide bonds. The largest absolute Gasteiger partial charge is 0.469 e. The van der Waals surface area contributed by atoms with E-state index >= 15 is 0 Å². The highest BCUT2D eigenvalue weighted by Crippen LogP contribution is 2.27. The van der Waals surface area contributed by atoms with Gasteiger partial charge >= 0.3 is 12.1 Å². The number of ether oxygens (including phenoxy) is 2. The van der Waals surface area contributed by atoms with E-state index in [1.165, 1.54) is 13.5 Å². The summed E-state index contributed by atoms with van der Waals surface area (Å²) in [5.74, 6) is -0.520. The molecule has 0 bridgehead atoms. The van der Waals surface area contributed by atoms with Crippen LogP contribution in [0.1, 0.15) is 65.7 Å². The van der Waals surface area contributed by atoms with Crippen molar-refractivity contribution in [3.8, 4) is 0 Å². The molecule has 0 aromatic heterocycles. The monoisotopic (exact) mass is 327 g/mol. The molecule has 1 aliphatic carbocycles. The number of ketones is 1. The Morgan fingerprint density at radius 3 is 2.26 bits per heavy atom. The lowest BCUT2D eigenvalue weighted by Crippen LogP contribution is -2.45. The summed E-state index contributed by atoms with van der Waals surface area (Å²) >= 11 is 0. The second kappa shape index (κ2) is 8.89. The van der Waals surface area contributed by atoms with Crippen LogP contribution in [0, 0.1) is 5.92 Å². The molecule has 1 saturated carbocycles.